The van der Waals surface area contributed by atoms with Crippen molar-refractivity contribution >= 4 is 21.6 Å². The van der Waals surface area contributed by atoms with Crippen molar-refractivity contribution in [1.29, 1.82) is 0 Å². The summed E-state index contributed by atoms with van der Waals surface area (Å²) in [5, 5.41) is 5.51. The van der Waals surface area contributed by atoms with E-state index < -0.39 is 10.0 Å². The minimum atomic E-state index is -3.29. The second-order valence-corrected chi connectivity index (χ2v) is 7.20. The minimum absolute atomic E-state index is 0.0918. The molecule has 0 aliphatic rings. The summed E-state index contributed by atoms with van der Waals surface area (Å²) >= 11 is 5.81. The van der Waals surface area contributed by atoms with Crippen LogP contribution in [0.2, 0.25) is 5.02 Å². The Morgan fingerprint density at radius 2 is 1.67 bits per heavy atom. The van der Waals surface area contributed by atoms with Crippen molar-refractivity contribution < 1.29 is 13.2 Å². The van der Waals surface area contributed by atoms with Crippen LogP contribution in [0.3, 0.4) is 0 Å². The molecule has 7 heteroatoms. The van der Waals surface area contributed by atoms with Gasteiger partial charge in [-0.25, -0.2) is 13.6 Å². The van der Waals surface area contributed by atoms with Crippen LogP contribution in [0.1, 0.15) is 44.9 Å². The van der Waals surface area contributed by atoms with Gasteiger partial charge in [0.2, 0.25) is 10.0 Å². The molecule has 5 nitrogen and oxygen atoms in total. The summed E-state index contributed by atoms with van der Waals surface area (Å²) in [5.74, 6) is 0.791. The maximum Gasteiger partial charge on any atom is 0.209 e. The molecule has 1 aromatic rings. The normalized spacial score (nSPS) is 11.5. The molecular weight excluding hydrogens is 312 g/mol. The van der Waals surface area contributed by atoms with Gasteiger partial charge in [0.25, 0.3) is 0 Å². The third kappa shape index (κ3) is 10.5. The zero-order valence-corrected chi connectivity index (χ0v) is 13.7. The van der Waals surface area contributed by atoms with Gasteiger partial charge in [0.1, 0.15) is 5.75 Å². The number of nitrogens with zero attached hydrogens (tertiary/aromatic N) is 1. The second-order valence-electron chi connectivity index (χ2n) is 5.03. The molecule has 21 heavy (non-hydrogen) atoms. The van der Waals surface area contributed by atoms with Crippen LogP contribution in [-0.4, -0.2) is 25.8 Å². The topological polar surface area (TPSA) is 82.3 Å². The van der Waals surface area contributed by atoms with E-state index >= 15 is 0 Å². The number of primary sulfonamides is 1. The average Bonchev–Trinajstić information content (AvgIpc) is 2.40. The lowest BCUT2D eigenvalue weighted by Crippen LogP contribution is -2.16. The molecule has 2 N–H and O–H groups in total. The summed E-state index contributed by atoms with van der Waals surface area (Å²) in [5.41, 5.74) is 0. The van der Waals surface area contributed by atoms with Crippen molar-refractivity contribution in [2.24, 2.45) is 5.14 Å². The lowest BCUT2D eigenvalue weighted by molar-refractivity contribution is 0.303. The molecule has 0 aliphatic heterocycles. The first kappa shape index (κ1) is 18.2. The quantitative estimate of drug-likeness (QED) is 0.630. The Morgan fingerprint density at radius 3 is 2.29 bits per heavy atom. The zero-order valence-electron chi connectivity index (χ0n) is 12.1. The smallest absolute Gasteiger partial charge is 0.209 e. The summed E-state index contributed by atoms with van der Waals surface area (Å²) in [4.78, 5) is 3.95. The van der Waals surface area contributed by atoms with E-state index in [0.29, 0.717) is 23.8 Å². The van der Waals surface area contributed by atoms with Gasteiger partial charge in [-0.2, -0.15) is 0 Å². The van der Waals surface area contributed by atoms with Crippen LogP contribution in [-0.2, 0) is 10.0 Å². The number of aromatic nitrogens is 1. The maximum absolute atomic E-state index is 10.7. The molecule has 0 atom stereocenters. The maximum atomic E-state index is 10.7. The first-order valence-electron chi connectivity index (χ1n) is 7.21. The highest BCUT2D eigenvalue weighted by Gasteiger charge is 2.01. The van der Waals surface area contributed by atoms with E-state index in [1.165, 1.54) is 0 Å². The molecule has 0 unspecified atom stereocenters. The van der Waals surface area contributed by atoms with Crippen molar-refractivity contribution in [3.63, 3.8) is 0 Å². The van der Waals surface area contributed by atoms with Crippen LogP contribution >= 0.6 is 11.6 Å². The lowest BCUT2D eigenvalue weighted by Gasteiger charge is -2.06. The van der Waals surface area contributed by atoms with Gasteiger partial charge >= 0.3 is 0 Å². The van der Waals surface area contributed by atoms with Crippen molar-refractivity contribution in [2.75, 3.05) is 12.4 Å². The molecule has 0 amide bonds. The number of sulfonamides is 1. The van der Waals surface area contributed by atoms with Crippen molar-refractivity contribution in [3.05, 3.63) is 23.5 Å². The fourth-order valence-electron chi connectivity index (χ4n) is 1.95. The summed E-state index contributed by atoms with van der Waals surface area (Å²) in [6.07, 6.45) is 10.2. The predicted molar refractivity (Wildman–Crippen MR) is 85.0 cm³/mol. The number of ether oxygens (including phenoxy) is 1. The first-order chi connectivity index (χ1) is 9.97. The van der Waals surface area contributed by atoms with Crippen LogP contribution in [0, 0.1) is 0 Å². The summed E-state index contributed by atoms with van der Waals surface area (Å²) in [6.45, 7) is 0.660. The number of nitrogens with two attached hydrogens (primary N) is 1. The van der Waals surface area contributed by atoms with Gasteiger partial charge in [-0.3, -0.25) is 4.98 Å². The Bertz CT molecular complexity index is 509. The Hall–Kier alpha value is -0.850. The van der Waals surface area contributed by atoms with E-state index in [-0.39, 0.29) is 5.75 Å². The number of rotatable bonds is 11. The third-order valence-electron chi connectivity index (χ3n) is 3.02. The van der Waals surface area contributed by atoms with Gasteiger partial charge in [-0.15, -0.1) is 0 Å². The van der Waals surface area contributed by atoms with Gasteiger partial charge < -0.3 is 4.74 Å². The molecule has 1 rings (SSSR count). The molecule has 0 radical (unpaired) electrons. The van der Waals surface area contributed by atoms with Crippen LogP contribution in [0.15, 0.2) is 18.5 Å². The van der Waals surface area contributed by atoms with Crippen molar-refractivity contribution in [3.8, 4) is 5.75 Å². The van der Waals surface area contributed by atoms with Crippen LogP contribution in [0.5, 0.6) is 5.75 Å². The number of hydrogen-bond acceptors (Lipinski definition) is 4. The molecule has 1 heterocycles. The first-order valence-corrected chi connectivity index (χ1v) is 9.30. The Labute approximate surface area is 131 Å². The Kier molecular flexibility index (Phi) is 8.64. The Morgan fingerprint density at radius 1 is 1.05 bits per heavy atom. The predicted octanol–water partition coefficient (Wildman–Crippen LogP) is 3.13. The molecular formula is C14H23ClN2O3S. The van der Waals surface area contributed by atoms with Crippen molar-refractivity contribution in [1.82, 2.24) is 4.98 Å². The lowest BCUT2D eigenvalue weighted by atomic mass is 10.1. The number of pyridine rings is 1. The number of halogens is 1. The monoisotopic (exact) mass is 334 g/mol. The highest BCUT2D eigenvalue weighted by atomic mass is 35.5. The van der Waals surface area contributed by atoms with Gasteiger partial charge in [-0.05, 0) is 12.8 Å². The van der Waals surface area contributed by atoms with Gasteiger partial charge in [0.15, 0.2) is 0 Å². The fourth-order valence-corrected chi connectivity index (χ4v) is 2.72. The summed E-state index contributed by atoms with van der Waals surface area (Å²) < 4.78 is 27.0. The highest BCUT2D eigenvalue weighted by molar-refractivity contribution is 7.89. The molecule has 0 fully saturated rings. The second kappa shape index (κ2) is 9.97. The van der Waals surface area contributed by atoms with Crippen LogP contribution < -0.4 is 9.88 Å². The third-order valence-corrected chi connectivity index (χ3v) is 4.09. The molecule has 0 saturated heterocycles. The van der Waals surface area contributed by atoms with Crippen LogP contribution in [0.25, 0.3) is 0 Å². The van der Waals surface area contributed by atoms with E-state index in [0.717, 1.165) is 38.5 Å². The SMILES string of the molecule is NS(=O)(=O)CCCCCCCCCOc1cncc(Cl)c1. The number of unbranched alkanes of at least 4 members (excludes halogenated alkanes) is 6. The van der Waals surface area contributed by atoms with Crippen LogP contribution in [0.4, 0.5) is 0 Å². The minimum Gasteiger partial charge on any atom is -0.492 e. The van der Waals surface area contributed by atoms with E-state index in [4.69, 9.17) is 21.5 Å². The molecule has 0 aromatic carbocycles. The molecule has 0 saturated carbocycles. The van der Waals surface area contributed by atoms with Gasteiger partial charge in [0.05, 0.1) is 23.6 Å². The molecule has 120 valence electrons. The summed E-state index contributed by atoms with van der Waals surface area (Å²) in [7, 11) is -3.29. The van der Waals surface area contributed by atoms with Gasteiger partial charge in [-0.1, -0.05) is 43.7 Å². The van der Waals surface area contributed by atoms with E-state index in [1.807, 2.05) is 0 Å². The molecule has 0 aliphatic carbocycles. The molecule has 1 aromatic heterocycles. The highest BCUT2D eigenvalue weighted by Crippen LogP contribution is 2.15. The fraction of sp³-hybridized carbons (Fsp3) is 0.643. The van der Waals surface area contributed by atoms with Gasteiger partial charge in [0, 0.05) is 12.3 Å². The zero-order chi connectivity index (χ0) is 15.6. The molecule has 0 spiro atoms. The number of hydrogen-bond donors (Lipinski definition) is 1. The van der Waals surface area contributed by atoms with E-state index in [2.05, 4.69) is 4.98 Å². The molecule has 0 bridgehead atoms. The standard InChI is InChI=1S/C14H23ClN2O3S/c15-13-10-14(12-17-11-13)20-8-6-4-2-1-3-5-7-9-21(16,18)19/h10-12H,1-9H2,(H2,16,18,19). The largest absolute Gasteiger partial charge is 0.492 e. The van der Waals surface area contributed by atoms with E-state index in [1.54, 1.807) is 18.5 Å². The van der Waals surface area contributed by atoms with Crippen molar-refractivity contribution in [2.45, 2.75) is 44.9 Å². The van der Waals surface area contributed by atoms with E-state index in [9.17, 15) is 8.42 Å². The summed E-state index contributed by atoms with van der Waals surface area (Å²) in [6, 6.07) is 1.75. The Balaban J connectivity index is 1.91. The average molecular weight is 335 g/mol.